The van der Waals surface area contributed by atoms with E-state index in [2.05, 4.69) is 22.4 Å². The average molecular weight is 348 g/mol. The lowest BCUT2D eigenvalue weighted by Gasteiger charge is -2.31. The minimum atomic E-state index is -0.0979. The summed E-state index contributed by atoms with van der Waals surface area (Å²) in [6.07, 6.45) is 7.13. The van der Waals surface area contributed by atoms with Crippen LogP contribution < -0.4 is 5.32 Å². The van der Waals surface area contributed by atoms with Crippen LogP contribution in [0.5, 0.6) is 0 Å². The Bertz CT molecular complexity index is 597. The zero-order valence-electron chi connectivity index (χ0n) is 15.0. The number of rotatable bonds is 8. The van der Waals surface area contributed by atoms with Crippen LogP contribution in [0, 0.1) is 11.8 Å². The van der Waals surface area contributed by atoms with E-state index in [-0.39, 0.29) is 24.2 Å². The maximum Gasteiger partial charge on any atom is 0.236 e. The summed E-state index contributed by atoms with van der Waals surface area (Å²) in [5, 5.41) is 6.95. The minimum Gasteiger partial charge on any atom is -0.356 e. The molecule has 2 aliphatic rings. The van der Waals surface area contributed by atoms with Gasteiger partial charge >= 0.3 is 0 Å². The molecule has 0 aromatic carbocycles. The summed E-state index contributed by atoms with van der Waals surface area (Å²) in [5.41, 5.74) is 0. The molecule has 2 amide bonds. The van der Waals surface area contributed by atoms with Crippen molar-refractivity contribution in [3.05, 3.63) is 11.7 Å². The van der Waals surface area contributed by atoms with Gasteiger partial charge in [0.2, 0.25) is 17.7 Å². The number of carbonyl (C=O) groups is 2. The highest BCUT2D eigenvalue weighted by Crippen LogP contribution is 2.28. The first-order valence-corrected chi connectivity index (χ1v) is 9.52. The fourth-order valence-electron chi connectivity index (χ4n) is 3.17. The molecule has 0 bridgehead atoms. The van der Waals surface area contributed by atoms with Crippen molar-refractivity contribution in [3.63, 3.8) is 0 Å². The molecule has 0 unspecified atom stereocenters. The highest BCUT2D eigenvalue weighted by Gasteiger charge is 2.30. The predicted octanol–water partition coefficient (Wildman–Crippen LogP) is 1.72. The van der Waals surface area contributed by atoms with E-state index < -0.39 is 0 Å². The van der Waals surface area contributed by atoms with Crippen molar-refractivity contribution in [2.45, 2.75) is 58.3 Å². The van der Waals surface area contributed by atoms with Gasteiger partial charge in [0.25, 0.3) is 0 Å². The largest absolute Gasteiger partial charge is 0.356 e. The summed E-state index contributed by atoms with van der Waals surface area (Å²) in [5.74, 6) is 1.66. The van der Waals surface area contributed by atoms with Crippen LogP contribution >= 0.6 is 0 Å². The van der Waals surface area contributed by atoms with Gasteiger partial charge in [0.1, 0.15) is 6.42 Å². The summed E-state index contributed by atoms with van der Waals surface area (Å²) in [4.78, 5) is 30.8. The molecule has 2 heterocycles. The first-order valence-electron chi connectivity index (χ1n) is 9.52. The second kappa shape index (κ2) is 8.45. The molecule has 2 fully saturated rings. The number of aryl methyl sites for hydroxylation is 1. The number of hydrogen-bond donors (Lipinski definition) is 1. The molecule has 1 aromatic heterocycles. The third-order valence-corrected chi connectivity index (χ3v) is 4.97. The molecule has 1 atom stereocenters. The number of carbonyl (C=O) groups excluding carboxylic acids is 2. The first kappa shape index (κ1) is 17.9. The summed E-state index contributed by atoms with van der Waals surface area (Å²) < 4.78 is 5.18. The molecule has 1 aromatic rings. The normalized spacial score (nSPS) is 20.5. The molecule has 1 saturated heterocycles. The zero-order chi connectivity index (χ0) is 17.6. The van der Waals surface area contributed by atoms with E-state index in [1.165, 1.54) is 12.8 Å². The molecule has 3 rings (SSSR count). The molecule has 0 radical (unpaired) electrons. The van der Waals surface area contributed by atoms with Gasteiger partial charge in [0.05, 0.1) is 5.92 Å². The van der Waals surface area contributed by atoms with Crippen molar-refractivity contribution in [2.24, 2.45) is 11.8 Å². The van der Waals surface area contributed by atoms with E-state index in [1.54, 1.807) is 4.90 Å². The molecule has 1 aliphatic carbocycles. The Morgan fingerprint density at radius 2 is 2.16 bits per heavy atom. The lowest BCUT2D eigenvalue weighted by atomic mass is 9.97. The van der Waals surface area contributed by atoms with E-state index in [1.807, 2.05) is 0 Å². The van der Waals surface area contributed by atoms with Crippen LogP contribution in [0.3, 0.4) is 0 Å². The quantitative estimate of drug-likeness (QED) is 0.773. The van der Waals surface area contributed by atoms with E-state index in [9.17, 15) is 9.59 Å². The number of aromatic nitrogens is 2. The van der Waals surface area contributed by atoms with Gasteiger partial charge in [-0.05, 0) is 38.0 Å². The van der Waals surface area contributed by atoms with Gasteiger partial charge in [-0.25, -0.2) is 0 Å². The van der Waals surface area contributed by atoms with E-state index in [0.29, 0.717) is 30.7 Å². The van der Waals surface area contributed by atoms with Crippen molar-refractivity contribution in [1.82, 2.24) is 20.4 Å². The smallest absolute Gasteiger partial charge is 0.236 e. The van der Waals surface area contributed by atoms with Crippen molar-refractivity contribution in [1.29, 1.82) is 0 Å². The Morgan fingerprint density at radius 3 is 2.92 bits per heavy atom. The van der Waals surface area contributed by atoms with Crippen molar-refractivity contribution in [3.8, 4) is 0 Å². The van der Waals surface area contributed by atoms with E-state index in [0.717, 1.165) is 38.6 Å². The Morgan fingerprint density at radius 1 is 1.32 bits per heavy atom. The number of nitrogens with one attached hydrogen (secondary N) is 1. The van der Waals surface area contributed by atoms with Crippen molar-refractivity contribution < 1.29 is 14.1 Å². The lowest BCUT2D eigenvalue weighted by Crippen LogP contribution is -2.46. The van der Waals surface area contributed by atoms with E-state index >= 15 is 0 Å². The summed E-state index contributed by atoms with van der Waals surface area (Å²) in [6.45, 7) is 4.08. The number of nitrogens with zero attached hydrogens (tertiary/aromatic N) is 3. The molecule has 7 nitrogen and oxygen atoms in total. The second-order valence-corrected chi connectivity index (χ2v) is 7.25. The predicted molar refractivity (Wildman–Crippen MR) is 91.7 cm³/mol. The molecule has 25 heavy (non-hydrogen) atoms. The fraction of sp³-hybridized carbons (Fsp3) is 0.778. The number of amides is 2. The molecule has 7 heteroatoms. The standard InChI is InChI=1S/C18H28N4O3/c1-2-3-6-15-20-16(25-21-15)10-17(23)22-9-4-5-14(12-22)18(24)19-11-13-7-8-13/h13-14H,2-12H2,1H3,(H,19,24)/t14-/m0/s1. The Hall–Kier alpha value is -1.92. The van der Waals surface area contributed by atoms with Crippen LogP contribution in [0.1, 0.15) is 57.2 Å². The SMILES string of the molecule is CCCCc1noc(CC(=O)N2CCC[C@H](C(=O)NCC3CC3)C2)n1. The molecule has 0 spiro atoms. The summed E-state index contributed by atoms with van der Waals surface area (Å²) >= 11 is 0. The lowest BCUT2D eigenvalue weighted by molar-refractivity contribution is -0.135. The van der Waals surface area contributed by atoms with Crippen LogP contribution in [0.25, 0.3) is 0 Å². The Balaban J connectivity index is 1.47. The topological polar surface area (TPSA) is 88.3 Å². The molecule has 1 N–H and O–H groups in total. The van der Waals surface area contributed by atoms with Crippen LogP contribution in [0.4, 0.5) is 0 Å². The van der Waals surface area contributed by atoms with Crippen molar-refractivity contribution in [2.75, 3.05) is 19.6 Å². The third-order valence-electron chi connectivity index (χ3n) is 4.97. The maximum atomic E-state index is 12.5. The van der Waals surface area contributed by atoms with Gasteiger partial charge in [-0.3, -0.25) is 9.59 Å². The summed E-state index contributed by atoms with van der Waals surface area (Å²) in [7, 11) is 0. The van der Waals surface area contributed by atoms with Gasteiger partial charge in [0, 0.05) is 26.1 Å². The molecular formula is C18H28N4O3. The number of piperidine rings is 1. The molecular weight excluding hydrogens is 320 g/mol. The van der Waals surface area contributed by atoms with Crippen molar-refractivity contribution >= 4 is 11.8 Å². The van der Waals surface area contributed by atoms with Gasteiger partial charge in [0.15, 0.2) is 5.82 Å². The summed E-state index contributed by atoms with van der Waals surface area (Å²) in [6, 6.07) is 0. The molecule has 1 aliphatic heterocycles. The third kappa shape index (κ3) is 5.28. The highest BCUT2D eigenvalue weighted by atomic mass is 16.5. The van der Waals surface area contributed by atoms with Crippen LogP contribution in [0.15, 0.2) is 4.52 Å². The minimum absolute atomic E-state index is 0.0367. The van der Waals surface area contributed by atoms with Gasteiger partial charge < -0.3 is 14.7 Å². The fourth-order valence-corrected chi connectivity index (χ4v) is 3.17. The monoisotopic (exact) mass is 348 g/mol. The van der Waals surface area contributed by atoms with Gasteiger partial charge in [-0.1, -0.05) is 18.5 Å². The van der Waals surface area contributed by atoms with Gasteiger partial charge in [-0.15, -0.1) is 0 Å². The van der Waals surface area contributed by atoms with Crippen LogP contribution in [-0.4, -0.2) is 46.5 Å². The second-order valence-electron chi connectivity index (χ2n) is 7.25. The highest BCUT2D eigenvalue weighted by molar-refractivity contribution is 5.82. The number of unbranched alkanes of at least 4 members (excludes halogenated alkanes) is 1. The molecule has 1 saturated carbocycles. The number of hydrogen-bond acceptors (Lipinski definition) is 5. The average Bonchev–Trinajstić information content (AvgIpc) is 3.36. The van der Waals surface area contributed by atoms with E-state index in [4.69, 9.17) is 4.52 Å². The molecule has 138 valence electrons. The van der Waals surface area contributed by atoms with Crippen LogP contribution in [0.2, 0.25) is 0 Å². The zero-order valence-corrected chi connectivity index (χ0v) is 15.0. The maximum absolute atomic E-state index is 12.5. The Labute approximate surface area is 148 Å². The first-order chi connectivity index (χ1) is 12.2. The van der Waals surface area contributed by atoms with Gasteiger partial charge in [-0.2, -0.15) is 4.98 Å². The van der Waals surface area contributed by atoms with Crippen LogP contribution in [-0.2, 0) is 22.4 Å². The number of likely N-dealkylation sites (tertiary alicyclic amines) is 1. The Kier molecular flexibility index (Phi) is 6.04.